The van der Waals surface area contributed by atoms with Gasteiger partial charge in [-0.05, 0) is 19.1 Å². The Morgan fingerprint density at radius 2 is 2.05 bits per heavy atom. The van der Waals surface area contributed by atoms with Crippen molar-refractivity contribution in [3.63, 3.8) is 0 Å². The fourth-order valence-corrected chi connectivity index (χ4v) is 1.82. The Morgan fingerprint density at radius 1 is 1.37 bits per heavy atom. The van der Waals surface area contributed by atoms with Crippen LogP contribution in [0.2, 0.25) is 0 Å². The maximum Gasteiger partial charge on any atom is 0.356 e. The van der Waals surface area contributed by atoms with Crippen LogP contribution in [-0.2, 0) is 4.74 Å². The molecule has 0 aromatic carbocycles. The molecule has 2 heterocycles. The van der Waals surface area contributed by atoms with Crippen LogP contribution in [0.15, 0.2) is 18.3 Å². The Balaban J connectivity index is 0.000000861. The molecular formula is C14H23N3O2. The number of carbonyl (C=O) groups excluding carboxylic acids is 1. The smallest absolute Gasteiger partial charge is 0.356 e. The van der Waals surface area contributed by atoms with E-state index in [1.54, 1.807) is 19.2 Å². The van der Waals surface area contributed by atoms with E-state index in [1.165, 1.54) is 0 Å². The summed E-state index contributed by atoms with van der Waals surface area (Å²) in [5.41, 5.74) is 1.42. The number of nitrogens with one attached hydrogen (secondary N) is 1. The molecule has 1 aliphatic rings. The Hall–Kier alpha value is -1.62. The summed E-state index contributed by atoms with van der Waals surface area (Å²) in [5.74, 6) is -0.362. The van der Waals surface area contributed by atoms with E-state index < -0.39 is 0 Å². The first-order valence-electron chi connectivity index (χ1n) is 6.90. The molecule has 1 saturated heterocycles. The molecule has 0 amide bonds. The lowest BCUT2D eigenvalue weighted by atomic mass is 10.3. The highest BCUT2D eigenvalue weighted by molar-refractivity contribution is 5.87. The lowest BCUT2D eigenvalue weighted by molar-refractivity contribution is 0.0519. The zero-order valence-electron chi connectivity index (χ0n) is 12.0. The van der Waals surface area contributed by atoms with Crippen LogP contribution in [0.3, 0.4) is 0 Å². The number of carbonyl (C=O) groups is 1. The van der Waals surface area contributed by atoms with Crippen LogP contribution in [0, 0.1) is 0 Å². The zero-order chi connectivity index (χ0) is 14.1. The monoisotopic (exact) mass is 265 g/mol. The number of piperazine rings is 1. The van der Waals surface area contributed by atoms with Crippen molar-refractivity contribution >= 4 is 11.7 Å². The molecule has 1 aromatic heterocycles. The molecule has 106 valence electrons. The van der Waals surface area contributed by atoms with Crippen LogP contribution in [0.4, 0.5) is 5.69 Å². The summed E-state index contributed by atoms with van der Waals surface area (Å²) in [5, 5.41) is 3.29. The molecule has 1 aromatic rings. The zero-order valence-corrected chi connectivity index (χ0v) is 12.0. The van der Waals surface area contributed by atoms with E-state index in [0.717, 1.165) is 31.9 Å². The summed E-state index contributed by atoms with van der Waals surface area (Å²) in [7, 11) is 0. The second kappa shape index (κ2) is 8.48. The summed E-state index contributed by atoms with van der Waals surface area (Å²) < 4.78 is 4.89. The van der Waals surface area contributed by atoms with Crippen molar-refractivity contribution in [1.29, 1.82) is 0 Å². The van der Waals surface area contributed by atoms with Crippen molar-refractivity contribution in [2.24, 2.45) is 0 Å². The molecule has 0 spiro atoms. The van der Waals surface area contributed by atoms with E-state index in [9.17, 15) is 4.79 Å². The molecule has 0 atom stereocenters. The number of esters is 1. The van der Waals surface area contributed by atoms with E-state index in [1.807, 2.05) is 19.9 Å². The van der Waals surface area contributed by atoms with Crippen LogP contribution < -0.4 is 10.2 Å². The van der Waals surface area contributed by atoms with Crippen molar-refractivity contribution in [3.05, 3.63) is 24.0 Å². The first kappa shape index (κ1) is 15.4. The highest BCUT2D eigenvalue weighted by Crippen LogP contribution is 2.13. The van der Waals surface area contributed by atoms with Gasteiger partial charge in [-0.2, -0.15) is 0 Å². The average molecular weight is 265 g/mol. The normalized spacial score (nSPS) is 14.4. The fraction of sp³-hybridized carbons (Fsp3) is 0.571. The van der Waals surface area contributed by atoms with Gasteiger partial charge in [0, 0.05) is 26.2 Å². The van der Waals surface area contributed by atoms with Gasteiger partial charge in [0.25, 0.3) is 0 Å². The number of hydrogen-bond donors (Lipinski definition) is 1. The number of nitrogens with zero attached hydrogens (tertiary/aromatic N) is 2. The number of anilines is 1. The van der Waals surface area contributed by atoms with Crippen molar-refractivity contribution in [2.45, 2.75) is 20.8 Å². The van der Waals surface area contributed by atoms with Gasteiger partial charge in [0.2, 0.25) is 0 Å². The maximum atomic E-state index is 11.4. The Labute approximate surface area is 115 Å². The second-order valence-electron chi connectivity index (χ2n) is 3.86. The lowest BCUT2D eigenvalue weighted by Crippen LogP contribution is -2.43. The van der Waals surface area contributed by atoms with Gasteiger partial charge in [-0.15, -0.1) is 0 Å². The van der Waals surface area contributed by atoms with Gasteiger partial charge in [0.15, 0.2) is 0 Å². The number of rotatable bonds is 3. The molecule has 0 radical (unpaired) electrons. The predicted molar refractivity (Wildman–Crippen MR) is 76.6 cm³/mol. The van der Waals surface area contributed by atoms with E-state index in [-0.39, 0.29) is 5.97 Å². The van der Waals surface area contributed by atoms with Gasteiger partial charge in [-0.3, -0.25) is 0 Å². The van der Waals surface area contributed by atoms with Gasteiger partial charge in [-0.1, -0.05) is 13.8 Å². The van der Waals surface area contributed by atoms with Crippen molar-refractivity contribution in [3.8, 4) is 0 Å². The molecule has 19 heavy (non-hydrogen) atoms. The number of ether oxygens (including phenoxy) is 1. The highest BCUT2D eigenvalue weighted by atomic mass is 16.5. The van der Waals surface area contributed by atoms with E-state index in [2.05, 4.69) is 15.2 Å². The van der Waals surface area contributed by atoms with Crippen LogP contribution in [-0.4, -0.2) is 43.7 Å². The molecule has 0 bridgehead atoms. The third kappa shape index (κ3) is 4.52. The predicted octanol–water partition coefficient (Wildman–Crippen LogP) is 1.69. The quantitative estimate of drug-likeness (QED) is 0.843. The molecular weight excluding hydrogens is 242 g/mol. The minimum absolute atomic E-state index is 0.362. The third-order valence-corrected chi connectivity index (χ3v) is 2.71. The number of aromatic nitrogens is 1. The van der Waals surface area contributed by atoms with Crippen molar-refractivity contribution in [2.75, 3.05) is 37.7 Å². The van der Waals surface area contributed by atoms with Crippen LogP contribution in [0.25, 0.3) is 0 Å². The summed E-state index contributed by atoms with van der Waals surface area (Å²) in [4.78, 5) is 17.8. The molecule has 1 aliphatic heterocycles. The first-order chi connectivity index (χ1) is 9.31. The van der Waals surface area contributed by atoms with Crippen LogP contribution in [0.5, 0.6) is 0 Å². The summed E-state index contributed by atoms with van der Waals surface area (Å²) in [6.07, 6.45) is 1.73. The van der Waals surface area contributed by atoms with Gasteiger partial charge in [0.1, 0.15) is 5.69 Å². The number of pyridine rings is 1. The van der Waals surface area contributed by atoms with E-state index >= 15 is 0 Å². The fourth-order valence-electron chi connectivity index (χ4n) is 1.82. The summed E-state index contributed by atoms with van der Waals surface area (Å²) in [6.45, 7) is 10.1. The Kier molecular flexibility index (Phi) is 6.89. The van der Waals surface area contributed by atoms with Gasteiger partial charge < -0.3 is 15.0 Å². The van der Waals surface area contributed by atoms with Crippen LogP contribution in [0.1, 0.15) is 31.3 Å². The number of hydrogen-bond acceptors (Lipinski definition) is 5. The third-order valence-electron chi connectivity index (χ3n) is 2.71. The summed E-state index contributed by atoms with van der Waals surface area (Å²) >= 11 is 0. The molecule has 0 unspecified atom stereocenters. The molecule has 1 fully saturated rings. The lowest BCUT2D eigenvalue weighted by Gasteiger charge is -2.29. The molecule has 1 N–H and O–H groups in total. The van der Waals surface area contributed by atoms with Gasteiger partial charge in [-0.25, -0.2) is 9.78 Å². The molecule has 5 nitrogen and oxygen atoms in total. The Morgan fingerprint density at radius 3 is 2.58 bits per heavy atom. The molecule has 0 aliphatic carbocycles. The first-order valence-corrected chi connectivity index (χ1v) is 6.90. The summed E-state index contributed by atoms with van der Waals surface area (Å²) in [6, 6.07) is 3.64. The highest BCUT2D eigenvalue weighted by Gasteiger charge is 2.12. The minimum Gasteiger partial charge on any atom is -0.461 e. The SMILES string of the molecule is CC.CCOC(=O)c1ccc(N2CCNCC2)cn1. The largest absolute Gasteiger partial charge is 0.461 e. The van der Waals surface area contributed by atoms with Crippen LogP contribution >= 0.6 is 0 Å². The molecule has 2 rings (SSSR count). The second-order valence-corrected chi connectivity index (χ2v) is 3.86. The van der Waals surface area contributed by atoms with Crippen molar-refractivity contribution < 1.29 is 9.53 Å². The Bertz CT molecular complexity index is 373. The molecule has 5 heteroatoms. The minimum atomic E-state index is -0.362. The topological polar surface area (TPSA) is 54.5 Å². The maximum absolute atomic E-state index is 11.4. The van der Waals surface area contributed by atoms with E-state index in [0.29, 0.717) is 12.3 Å². The van der Waals surface area contributed by atoms with Crippen molar-refractivity contribution in [1.82, 2.24) is 10.3 Å². The van der Waals surface area contributed by atoms with Gasteiger partial charge in [0.05, 0.1) is 18.5 Å². The van der Waals surface area contributed by atoms with E-state index in [4.69, 9.17) is 4.74 Å². The molecule has 0 saturated carbocycles. The average Bonchev–Trinajstić information content (AvgIpc) is 2.51. The standard InChI is InChI=1S/C12H17N3O2.C2H6/c1-2-17-12(16)11-4-3-10(9-14-11)15-7-5-13-6-8-15;1-2/h3-4,9,13H,2,5-8H2,1H3;1-2H3. The van der Waals surface area contributed by atoms with Gasteiger partial charge >= 0.3 is 5.97 Å².